The van der Waals surface area contributed by atoms with Crippen LogP contribution >= 0.6 is 0 Å². The van der Waals surface area contributed by atoms with Crippen LogP contribution in [0.3, 0.4) is 0 Å². The molecule has 41 heavy (non-hydrogen) atoms. The van der Waals surface area contributed by atoms with Crippen molar-refractivity contribution >= 4 is 17.2 Å². The van der Waals surface area contributed by atoms with E-state index in [2.05, 4.69) is 39.7 Å². The van der Waals surface area contributed by atoms with Crippen LogP contribution in [0.25, 0.3) is 33.9 Å². The summed E-state index contributed by atoms with van der Waals surface area (Å²) in [5.41, 5.74) is 8.57. The molecule has 2 atom stereocenters. The lowest BCUT2D eigenvalue weighted by Crippen LogP contribution is -2.25. The molecule has 1 unspecified atom stereocenters. The van der Waals surface area contributed by atoms with Gasteiger partial charge in [-0.2, -0.15) is 19.7 Å². The molecular weight excluding hydrogens is 519 g/mol. The fourth-order valence-corrected chi connectivity index (χ4v) is 6.48. The second-order valence-corrected chi connectivity index (χ2v) is 11.0. The van der Waals surface area contributed by atoms with Crippen LogP contribution in [0.2, 0.25) is 0 Å². The maximum Gasteiger partial charge on any atom is 0.228 e. The van der Waals surface area contributed by atoms with Crippen LogP contribution in [0.15, 0.2) is 66.8 Å². The van der Waals surface area contributed by atoms with Crippen LogP contribution in [0.5, 0.6) is 0 Å². The van der Waals surface area contributed by atoms with E-state index < -0.39 is 5.82 Å². The Kier molecular flexibility index (Phi) is 5.87. The number of halogens is 1. The number of nitrogens with zero attached hydrogens (tertiary/aromatic N) is 7. The van der Waals surface area contributed by atoms with Gasteiger partial charge in [-0.3, -0.25) is 4.98 Å². The second kappa shape index (κ2) is 9.88. The van der Waals surface area contributed by atoms with Gasteiger partial charge in [-0.1, -0.05) is 29.8 Å². The van der Waals surface area contributed by atoms with Gasteiger partial charge in [-0.15, -0.1) is 0 Å². The zero-order valence-electron chi connectivity index (χ0n) is 22.5. The van der Waals surface area contributed by atoms with Gasteiger partial charge >= 0.3 is 0 Å². The lowest BCUT2D eigenvalue weighted by Gasteiger charge is -2.26. The van der Waals surface area contributed by atoms with E-state index in [0.717, 1.165) is 62.8 Å². The summed E-state index contributed by atoms with van der Waals surface area (Å²) in [7, 11) is 0. The van der Waals surface area contributed by atoms with Crippen LogP contribution in [0, 0.1) is 5.82 Å². The van der Waals surface area contributed by atoms with Crippen molar-refractivity contribution in [3.8, 4) is 22.6 Å². The zero-order chi connectivity index (χ0) is 27.3. The van der Waals surface area contributed by atoms with Gasteiger partial charge in [-0.05, 0) is 73.8 Å². The van der Waals surface area contributed by atoms with E-state index in [0.29, 0.717) is 23.0 Å². The molecule has 3 aliphatic rings. The summed E-state index contributed by atoms with van der Waals surface area (Å²) in [6.07, 6.45) is 13.3. The predicted molar refractivity (Wildman–Crippen MR) is 152 cm³/mol. The average Bonchev–Trinajstić information content (AvgIpc) is 3.74. The molecule has 1 aliphatic heterocycles. The van der Waals surface area contributed by atoms with Crippen molar-refractivity contribution < 1.29 is 9.13 Å². The molecule has 1 fully saturated rings. The first kappa shape index (κ1) is 24.4. The van der Waals surface area contributed by atoms with Crippen molar-refractivity contribution in [3.05, 3.63) is 83.7 Å². The topological polar surface area (TPSA) is 95.1 Å². The Morgan fingerprint density at radius 3 is 2.83 bits per heavy atom. The molecule has 4 aromatic heterocycles. The maximum absolute atomic E-state index is 14.2. The van der Waals surface area contributed by atoms with Crippen LogP contribution < -0.4 is 5.32 Å². The van der Waals surface area contributed by atoms with Crippen LogP contribution in [0.4, 0.5) is 10.3 Å². The van der Waals surface area contributed by atoms with Gasteiger partial charge in [0, 0.05) is 30.6 Å². The number of nitrogens with one attached hydrogen (secondary N) is 1. The Bertz CT molecular complexity index is 1800. The number of aromatic nitrogens is 7. The summed E-state index contributed by atoms with van der Waals surface area (Å²) in [5, 5.41) is 13.0. The van der Waals surface area contributed by atoms with Crippen LogP contribution in [-0.2, 0) is 11.2 Å². The normalized spacial score (nSPS) is 20.3. The smallest absolute Gasteiger partial charge is 0.228 e. The molecule has 0 spiro atoms. The number of rotatable bonds is 5. The number of hydrogen-bond donors (Lipinski definition) is 1. The monoisotopic (exact) mass is 548 g/mol. The fourth-order valence-electron chi connectivity index (χ4n) is 6.48. The van der Waals surface area contributed by atoms with Gasteiger partial charge in [0.2, 0.25) is 5.95 Å². The number of allylic oxidation sites excluding steroid dienone is 1. The zero-order valence-corrected chi connectivity index (χ0v) is 22.5. The summed E-state index contributed by atoms with van der Waals surface area (Å²) >= 11 is 0. The summed E-state index contributed by atoms with van der Waals surface area (Å²) in [5.74, 6) is 0.518. The quantitative estimate of drug-likeness (QED) is 0.294. The van der Waals surface area contributed by atoms with E-state index in [1.807, 2.05) is 10.7 Å². The minimum Gasteiger partial charge on any atom is -0.356 e. The Morgan fingerprint density at radius 2 is 1.93 bits per heavy atom. The van der Waals surface area contributed by atoms with E-state index >= 15 is 0 Å². The predicted octanol–water partition coefficient (Wildman–Crippen LogP) is 5.86. The Balaban J connectivity index is 1.20. The molecular formula is C31H29FN8O. The van der Waals surface area contributed by atoms with E-state index in [4.69, 9.17) is 19.8 Å². The molecule has 8 rings (SSSR count). The van der Waals surface area contributed by atoms with E-state index in [1.165, 1.54) is 29.0 Å². The van der Waals surface area contributed by atoms with Crippen molar-refractivity contribution in [1.82, 2.24) is 34.3 Å². The van der Waals surface area contributed by atoms with Gasteiger partial charge in [0.25, 0.3) is 0 Å². The summed E-state index contributed by atoms with van der Waals surface area (Å²) in [4.78, 5) is 13.8. The molecule has 0 radical (unpaired) electrons. The molecule has 5 aromatic rings. The SMILES string of the molecule is Fc1cncc(-c2nc(N[C@@H]3CCC4=C(C3)c3ccccc3C4)n3ncc(-c4ccnn4C4CCCCO4)c3n2)c1. The number of pyridine rings is 1. The number of anilines is 1. The molecule has 1 N–H and O–H groups in total. The lowest BCUT2D eigenvalue weighted by molar-refractivity contribution is -0.0383. The second-order valence-electron chi connectivity index (χ2n) is 11.0. The minimum atomic E-state index is -0.437. The van der Waals surface area contributed by atoms with Crippen molar-refractivity contribution in [2.24, 2.45) is 0 Å². The molecule has 1 aromatic carbocycles. The molecule has 0 amide bonds. The first-order chi connectivity index (χ1) is 20.2. The van der Waals surface area contributed by atoms with Crippen LogP contribution in [0.1, 0.15) is 55.9 Å². The average molecular weight is 549 g/mol. The van der Waals surface area contributed by atoms with E-state index in [-0.39, 0.29) is 12.3 Å². The van der Waals surface area contributed by atoms with Gasteiger partial charge < -0.3 is 10.1 Å². The molecule has 2 aliphatic carbocycles. The fraction of sp³-hybridized carbons (Fsp3) is 0.323. The third-order valence-corrected chi connectivity index (χ3v) is 8.46. The van der Waals surface area contributed by atoms with E-state index in [9.17, 15) is 4.39 Å². The highest BCUT2D eigenvalue weighted by atomic mass is 19.1. The van der Waals surface area contributed by atoms with Gasteiger partial charge in [0.1, 0.15) is 5.82 Å². The molecule has 206 valence electrons. The Hall–Kier alpha value is -4.44. The molecule has 5 heterocycles. The largest absolute Gasteiger partial charge is 0.356 e. The standard InChI is InChI=1S/C31H29FN8O/c32-22-14-21(16-33-17-22)29-37-30-26(27-10-11-34-39(27)28-7-3-4-12-41-28)18-35-40(30)31(38-29)36-23-9-8-20-13-19-5-1-2-6-24(19)25(20)15-23/h1-2,5-6,10-11,14,16-18,23,28H,3-4,7-9,12-13,15H2,(H,36,37,38)/t23-,28?/m1/s1. The number of hydrogen-bond acceptors (Lipinski definition) is 7. The Morgan fingerprint density at radius 1 is 0.976 bits per heavy atom. The third kappa shape index (κ3) is 4.30. The van der Waals surface area contributed by atoms with Gasteiger partial charge in [-0.25, -0.2) is 14.1 Å². The maximum atomic E-state index is 14.2. The van der Waals surface area contributed by atoms with Crippen LogP contribution in [-0.4, -0.2) is 47.0 Å². The summed E-state index contributed by atoms with van der Waals surface area (Å²) < 4.78 is 23.9. The van der Waals surface area contributed by atoms with Crippen molar-refractivity contribution in [3.63, 3.8) is 0 Å². The first-order valence-electron chi connectivity index (χ1n) is 14.3. The summed E-state index contributed by atoms with van der Waals surface area (Å²) in [6.45, 7) is 0.718. The first-order valence-corrected chi connectivity index (χ1v) is 14.3. The van der Waals surface area contributed by atoms with Crippen molar-refractivity contribution in [1.29, 1.82) is 0 Å². The highest BCUT2D eigenvalue weighted by Crippen LogP contribution is 2.42. The van der Waals surface area contributed by atoms with Gasteiger partial charge in [0.15, 0.2) is 17.7 Å². The van der Waals surface area contributed by atoms with E-state index in [1.54, 1.807) is 28.7 Å². The number of fused-ring (bicyclic) bond motifs is 3. The number of ether oxygens (including phenoxy) is 1. The van der Waals surface area contributed by atoms with Crippen molar-refractivity contribution in [2.75, 3.05) is 11.9 Å². The summed E-state index contributed by atoms with van der Waals surface area (Å²) in [6, 6.07) is 12.2. The molecule has 1 saturated heterocycles. The van der Waals surface area contributed by atoms with Gasteiger partial charge in [0.05, 0.1) is 23.7 Å². The molecule has 0 bridgehead atoms. The molecule has 9 nitrogen and oxygen atoms in total. The van der Waals surface area contributed by atoms with Crippen molar-refractivity contribution in [2.45, 2.75) is 57.2 Å². The molecule has 0 saturated carbocycles. The number of benzene rings is 1. The molecule has 10 heteroatoms. The highest BCUT2D eigenvalue weighted by molar-refractivity contribution is 5.79. The third-order valence-electron chi connectivity index (χ3n) is 8.46. The Labute approximate surface area is 236 Å². The lowest BCUT2D eigenvalue weighted by atomic mass is 9.88. The minimum absolute atomic E-state index is 0.131. The highest BCUT2D eigenvalue weighted by Gasteiger charge is 2.29.